The number of para-hydroxylation sites is 2. The van der Waals surface area contributed by atoms with Crippen molar-refractivity contribution in [2.24, 2.45) is 0 Å². The van der Waals surface area contributed by atoms with E-state index in [0.717, 1.165) is 5.56 Å². The third kappa shape index (κ3) is 6.67. The molecule has 0 aliphatic carbocycles. The van der Waals surface area contributed by atoms with Crippen molar-refractivity contribution in [1.29, 1.82) is 5.26 Å². The van der Waals surface area contributed by atoms with Gasteiger partial charge < -0.3 is 28.8 Å². The van der Waals surface area contributed by atoms with Gasteiger partial charge in [-0.2, -0.15) is 5.26 Å². The maximum Gasteiger partial charge on any atom is 0.267 e. The molecule has 186 valence electrons. The van der Waals surface area contributed by atoms with Crippen molar-refractivity contribution in [2.75, 3.05) is 32.8 Å². The standard InChI is InChI=1S/C27H27N3O6/c1-5-8-20-14-19(15-21(17-28)27(31)29-25-13-18(2)36-30-25)16-24(33-4)26(20)35-12-11-34-23-10-7-6-9-22(23)32-3/h5-7,9-10,13-16H,1,8,11-12H2,2-4H3,(H,29,30,31). The van der Waals surface area contributed by atoms with Gasteiger partial charge in [-0.1, -0.05) is 23.4 Å². The Balaban J connectivity index is 1.77. The van der Waals surface area contributed by atoms with E-state index in [-0.39, 0.29) is 24.6 Å². The zero-order valence-electron chi connectivity index (χ0n) is 20.4. The third-order valence-corrected chi connectivity index (χ3v) is 4.94. The van der Waals surface area contributed by atoms with Gasteiger partial charge in [0, 0.05) is 11.6 Å². The minimum atomic E-state index is -0.608. The number of amides is 1. The SMILES string of the molecule is C=CCc1cc(C=C(C#N)C(=O)Nc2cc(C)on2)cc(OC)c1OCCOc1ccccc1OC. The molecule has 2 aromatic carbocycles. The van der Waals surface area contributed by atoms with Gasteiger partial charge in [-0.15, -0.1) is 6.58 Å². The number of allylic oxidation sites excluding steroid dienone is 1. The van der Waals surface area contributed by atoms with Crippen molar-refractivity contribution in [3.05, 3.63) is 77.6 Å². The Labute approximate surface area is 209 Å². The van der Waals surface area contributed by atoms with Crippen LogP contribution in [0.1, 0.15) is 16.9 Å². The molecule has 1 N–H and O–H groups in total. The monoisotopic (exact) mass is 489 g/mol. The van der Waals surface area contributed by atoms with Crippen molar-refractivity contribution in [3.63, 3.8) is 0 Å². The van der Waals surface area contributed by atoms with Crippen molar-refractivity contribution < 1.29 is 28.3 Å². The highest BCUT2D eigenvalue weighted by molar-refractivity contribution is 6.09. The fourth-order valence-corrected chi connectivity index (χ4v) is 3.35. The average molecular weight is 490 g/mol. The van der Waals surface area contributed by atoms with E-state index in [9.17, 15) is 10.1 Å². The Morgan fingerprint density at radius 1 is 1.11 bits per heavy atom. The van der Waals surface area contributed by atoms with E-state index in [0.29, 0.717) is 40.7 Å². The third-order valence-electron chi connectivity index (χ3n) is 4.94. The highest BCUT2D eigenvalue weighted by Crippen LogP contribution is 2.34. The highest BCUT2D eigenvalue weighted by Gasteiger charge is 2.16. The summed E-state index contributed by atoms with van der Waals surface area (Å²) in [5.41, 5.74) is 1.25. The van der Waals surface area contributed by atoms with Gasteiger partial charge in [-0.05, 0) is 49.2 Å². The zero-order chi connectivity index (χ0) is 25.9. The lowest BCUT2D eigenvalue weighted by atomic mass is 10.0. The first-order valence-electron chi connectivity index (χ1n) is 11.1. The number of rotatable bonds is 12. The lowest BCUT2D eigenvalue weighted by Gasteiger charge is -2.16. The summed E-state index contributed by atoms with van der Waals surface area (Å²) in [7, 11) is 3.10. The molecule has 0 bridgehead atoms. The predicted molar refractivity (Wildman–Crippen MR) is 134 cm³/mol. The molecule has 1 heterocycles. The first-order valence-corrected chi connectivity index (χ1v) is 11.1. The van der Waals surface area contributed by atoms with E-state index < -0.39 is 5.91 Å². The molecular weight excluding hydrogens is 462 g/mol. The number of hydrogen-bond donors (Lipinski definition) is 1. The van der Waals surface area contributed by atoms with Crippen LogP contribution in [0.3, 0.4) is 0 Å². The maximum absolute atomic E-state index is 12.5. The second kappa shape index (κ2) is 12.7. The molecule has 0 unspecified atom stereocenters. The Morgan fingerprint density at radius 3 is 2.47 bits per heavy atom. The van der Waals surface area contributed by atoms with E-state index in [1.54, 1.807) is 32.2 Å². The predicted octanol–water partition coefficient (Wildman–Crippen LogP) is 4.73. The van der Waals surface area contributed by atoms with Crippen LogP contribution in [0.15, 0.2) is 65.2 Å². The summed E-state index contributed by atoms with van der Waals surface area (Å²) in [5, 5.41) is 15.8. The van der Waals surface area contributed by atoms with Gasteiger partial charge in [0.2, 0.25) is 0 Å². The number of carbonyl (C=O) groups excluding carboxylic acids is 1. The van der Waals surface area contributed by atoms with Crippen molar-refractivity contribution in [2.45, 2.75) is 13.3 Å². The smallest absolute Gasteiger partial charge is 0.267 e. The quantitative estimate of drug-likeness (QED) is 0.168. The number of ether oxygens (including phenoxy) is 4. The molecule has 0 aliphatic heterocycles. The zero-order valence-corrected chi connectivity index (χ0v) is 20.4. The summed E-state index contributed by atoms with van der Waals surface area (Å²) < 4.78 is 27.6. The van der Waals surface area contributed by atoms with E-state index in [2.05, 4.69) is 17.1 Å². The summed E-state index contributed by atoms with van der Waals surface area (Å²) in [6, 6.07) is 14.3. The average Bonchev–Trinajstić information content (AvgIpc) is 3.30. The molecule has 0 fully saturated rings. The number of nitriles is 1. The van der Waals surface area contributed by atoms with Crippen LogP contribution in [-0.4, -0.2) is 38.5 Å². The number of nitrogens with one attached hydrogen (secondary N) is 1. The van der Waals surface area contributed by atoms with Gasteiger partial charge in [-0.25, -0.2) is 0 Å². The second-order valence-electron chi connectivity index (χ2n) is 7.50. The van der Waals surface area contributed by atoms with Gasteiger partial charge in [-0.3, -0.25) is 4.79 Å². The summed E-state index contributed by atoms with van der Waals surface area (Å²) in [5.74, 6) is 2.38. The minimum Gasteiger partial charge on any atom is -0.493 e. The summed E-state index contributed by atoms with van der Waals surface area (Å²) in [6.07, 6.45) is 3.67. The van der Waals surface area contributed by atoms with E-state index >= 15 is 0 Å². The molecule has 0 saturated heterocycles. The molecular formula is C27H27N3O6. The van der Waals surface area contributed by atoms with E-state index in [1.165, 1.54) is 13.2 Å². The van der Waals surface area contributed by atoms with Crippen LogP contribution in [-0.2, 0) is 11.2 Å². The topological polar surface area (TPSA) is 116 Å². The Morgan fingerprint density at radius 2 is 1.83 bits per heavy atom. The van der Waals surface area contributed by atoms with Crippen LogP contribution in [0, 0.1) is 18.3 Å². The molecule has 0 aliphatic rings. The first kappa shape index (κ1) is 25.9. The molecule has 3 rings (SSSR count). The van der Waals surface area contributed by atoms with Gasteiger partial charge in [0.25, 0.3) is 5.91 Å². The van der Waals surface area contributed by atoms with Crippen LogP contribution in [0.4, 0.5) is 5.82 Å². The van der Waals surface area contributed by atoms with Gasteiger partial charge in [0.1, 0.15) is 30.6 Å². The van der Waals surface area contributed by atoms with Crippen LogP contribution >= 0.6 is 0 Å². The van der Waals surface area contributed by atoms with E-state index in [4.69, 9.17) is 23.5 Å². The molecule has 0 spiro atoms. The number of aryl methyl sites for hydroxylation is 1. The molecule has 0 atom stereocenters. The molecule has 9 nitrogen and oxygen atoms in total. The Kier molecular flexibility index (Phi) is 9.12. The molecule has 0 saturated carbocycles. The largest absolute Gasteiger partial charge is 0.493 e. The molecule has 36 heavy (non-hydrogen) atoms. The molecule has 1 amide bonds. The van der Waals surface area contributed by atoms with Crippen LogP contribution in [0.5, 0.6) is 23.0 Å². The molecule has 1 aromatic heterocycles. The first-order chi connectivity index (χ1) is 17.5. The molecule has 9 heteroatoms. The Bertz CT molecular complexity index is 1290. The number of carbonyl (C=O) groups is 1. The number of methoxy groups -OCH3 is 2. The number of aromatic nitrogens is 1. The van der Waals surface area contributed by atoms with Crippen LogP contribution in [0.25, 0.3) is 6.08 Å². The van der Waals surface area contributed by atoms with Crippen molar-refractivity contribution in [3.8, 4) is 29.1 Å². The van der Waals surface area contributed by atoms with E-state index in [1.807, 2.05) is 36.4 Å². The fourth-order valence-electron chi connectivity index (χ4n) is 3.35. The maximum atomic E-state index is 12.5. The molecule has 0 radical (unpaired) electrons. The number of benzene rings is 2. The highest BCUT2D eigenvalue weighted by atomic mass is 16.5. The summed E-state index contributed by atoms with van der Waals surface area (Å²) >= 11 is 0. The minimum absolute atomic E-state index is 0.110. The van der Waals surface area contributed by atoms with Gasteiger partial charge >= 0.3 is 0 Å². The lowest BCUT2D eigenvalue weighted by molar-refractivity contribution is -0.112. The van der Waals surface area contributed by atoms with Crippen molar-refractivity contribution in [1.82, 2.24) is 5.16 Å². The lowest BCUT2D eigenvalue weighted by Crippen LogP contribution is -2.13. The van der Waals surface area contributed by atoms with Gasteiger partial charge in [0.05, 0.1) is 14.2 Å². The number of nitrogens with zero attached hydrogens (tertiary/aromatic N) is 2. The summed E-state index contributed by atoms with van der Waals surface area (Å²) in [4.78, 5) is 12.5. The van der Waals surface area contributed by atoms with Crippen LogP contribution < -0.4 is 24.3 Å². The van der Waals surface area contributed by atoms with Crippen LogP contribution in [0.2, 0.25) is 0 Å². The van der Waals surface area contributed by atoms with Gasteiger partial charge in [0.15, 0.2) is 28.8 Å². The Hall–Kier alpha value is -4.71. The molecule has 3 aromatic rings. The second-order valence-corrected chi connectivity index (χ2v) is 7.50. The van der Waals surface area contributed by atoms with Crippen molar-refractivity contribution >= 4 is 17.8 Å². The number of hydrogen-bond acceptors (Lipinski definition) is 8. The normalized spacial score (nSPS) is 10.8. The number of anilines is 1. The fraction of sp³-hybridized carbons (Fsp3) is 0.222. The summed E-state index contributed by atoms with van der Waals surface area (Å²) in [6.45, 7) is 6.03.